The largest absolute Gasteiger partial charge is 0.384 e. The molecular formula is C15H21NO3S. The van der Waals surface area contributed by atoms with Crippen LogP contribution in [0.2, 0.25) is 0 Å². The van der Waals surface area contributed by atoms with Crippen LogP contribution >= 0.6 is 0 Å². The third-order valence-electron chi connectivity index (χ3n) is 2.78. The predicted molar refractivity (Wildman–Crippen MR) is 79.7 cm³/mol. The maximum absolute atomic E-state index is 12.1. The summed E-state index contributed by atoms with van der Waals surface area (Å²) in [5, 5.41) is 8.64. The standard InChI is InChI=1S/C15H21NO3S/c1-2-3-4-5-11-16-20(18,19)15-10-6-8-14(13-15)9-7-12-17/h6,8,10,13,16-17H,2-5,11-12H2,1H3. The SMILES string of the molecule is CCCCCCNS(=O)(=O)c1cccc(C#CCO)c1. The second kappa shape index (κ2) is 8.75. The lowest BCUT2D eigenvalue weighted by molar-refractivity contribution is 0.350. The first-order valence-corrected chi connectivity index (χ1v) is 8.28. The molecule has 0 spiro atoms. The number of rotatable bonds is 7. The summed E-state index contributed by atoms with van der Waals surface area (Å²) >= 11 is 0. The summed E-state index contributed by atoms with van der Waals surface area (Å²) in [5.74, 6) is 5.20. The van der Waals surface area contributed by atoms with Gasteiger partial charge < -0.3 is 5.11 Å². The Kier molecular flexibility index (Phi) is 7.31. The van der Waals surface area contributed by atoms with Crippen molar-refractivity contribution in [3.05, 3.63) is 29.8 Å². The van der Waals surface area contributed by atoms with Gasteiger partial charge in [0.15, 0.2) is 0 Å². The highest BCUT2D eigenvalue weighted by molar-refractivity contribution is 7.89. The lowest BCUT2D eigenvalue weighted by atomic mass is 10.2. The molecule has 0 atom stereocenters. The maximum atomic E-state index is 12.1. The Morgan fingerprint density at radius 2 is 2.05 bits per heavy atom. The van der Waals surface area contributed by atoms with Crippen LogP contribution in [0, 0.1) is 11.8 Å². The van der Waals surface area contributed by atoms with Crippen molar-refractivity contribution >= 4 is 10.0 Å². The molecule has 0 aliphatic heterocycles. The van der Waals surface area contributed by atoms with Gasteiger partial charge in [-0.1, -0.05) is 44.1 Å². The monoisotopic (exact) mass is 295 g/mol. The van der Waals surface area contributed by atoms with Gasteiger partial charge in [0.25, 0.3) is 0 Å². The predicted octanol–water partition coefficient (Wildman–Crippen LogP) is 1.89. The highest BCUT2D eigenvalue weighted by Crippen LogP contribution is 2.11. The molecule has 0 heterocycles. The van der Waals surface area contributed by atoms with Crippen molar-refractivity contribution in [1.82, 2.24) is 4.72 Å². The van der Waals surface area contributed by atoms with E-state index in [0.717, 1.165) is 25.7 Å². The fourth-order valence-electron chi connectivity index (χ4n) is 1.72. The number of benzene rings is 1. The van der Waals surface area contributed by atoms with Gasteiger partial charge in [-0.05, 0) is 24.6 Å². The normalized spacial score (nSPS) is 10.9. The Bertz CT molecular complexity index is 570. The molecule has 0 saturated carbocycles. The van der Waals surface area contributed by atoms with Crippen molar-refractivity contribution in [1.29, 1.82) is 0 Å². The highest BCUT2D eigenvalue weighted by atomic mass is 32.2. The molecule has 2 N–H and O–H groups in total. The number of sulfonamides is 1. The molecule has 0 unspecified atom stereocenters. The van der Waals surface area contributed by atoms with Gasteiger partial charge in [-0.25, -0.2) is 13.1 Å². The zero-order valence-electron chi connectivity index (χ0n) is 11.7. The first-order valence-electron chi connectivity index (χ1n) is 6.79. The second-order valence-electron chi connectivity index (χ2n) is 4.45. The zero-order chi connectivity index (χ0) is 14.8. The molecule has 1 aromatic rings. The first kappa shape index (κ1) is 16.7. The summed E-state index contributed by atoms with van der Waals surface area (Å²) < 4.78 is 26.8. The summed E-state index contributed by atoms with van der Waals surface area (Å²) in [6.07, 6.45) is 4.12. The number of hydrogen-bond donors (Lipinski definition) is 2. The van der Waals surface area contributed by atoms with Crippen LogP contribution < -0.4 is 4.72 Å². The van der Waals surface area contributed by atoms with E-state index >= 15 is 0 Å². The van der Waals surface area contributed by atoms with Crippen LogP contribution in [-0.2, 0) is 10.0 Å². The number of aliphatic hydroxyl groups excluding tert-OH is 1. The molecule has 5 heteroatoms. The van der Waals surface area contributed by atoms with Gasteiger partial charge in [0.1, 0.15) is 6.61 Å². The quantitative estimate of drug-likeness (QED) is 0.596. The third kappa shape index (κ3) is 5.74. The van der Waals surface area contributed by atoms with E-state index in [-0.39, 0.29) is 11.5 Å². The van der Waals surface area contributed by atoms with E-state index in [2.05, 4.69) is 23.5 Å². The Hall–Kier alpha value is -1.35. The van der Waals surface area contributed by atoms with Crippen LogP contribution in [-0.4, -0.2) is 26.7 Å². The van der Waals surface area contributed by atoms with Crippen LogP contribution in [0.3, 0.4) is 0 Å². The lowest BCUT2D eigenvalue weighted by Crippen LogP contribution is -2.24. The van der Waals surface area contributed by atoms with E-state index in [4.69, 9.17) is 5.11 Å². The Labute approximate surface area is 121 Å². The number of unbranched alkanes of at least 4 members (excludes halogenated alkanes) is 3. The van der Waals surface area contributed by atoms with E-state index < -0.39 is 10.0 Å². The van der Waals surface area contributed by atoms with Gasteiger partial charge in [-0.15, -0.1) is 0 Å². The Morgan fingerprint density at radius 1 is 1.25 bits per heavy atom. The molecule has 20 heavy (non-hydrogen) atoms. The van der Waals surface area contributed by atoms with Gasteiger partial charge in [-0.2, -0.15) is 0 Å². The van der Waals surface area contributed by atoms with Crippen molar-refractivity contribution in [2.45, 2.75) is 37.5 Å². The second-order valence-corrected chi connectivity index (χ2v) is 6.21. The number of aliphatic hydroxyl groups is 1. The van der Waals surface area contributed by atoms with Gasteiger partial charge >= 0.3 is 0 Å². The molecule has 0 radical (unpaired) electrons. The molecule has 0 amide bonds. The van der Waals surface area contributed by atoms with Crippen molar-refractivity contribution in [2.75, 3.05) is 13.2 Å². The van der Waals surface area contributed by atoms with Crippen molar-refractivity contribution in [3.63, 3.8) is 0 Å². The number of hydrogen-bond acceptors (Lipinski definition) is 3. The average molecular weight is 295 g/mol. The Morgan fingerprint density at radius 3 is 2.75 bits per heavy atom. The molecule has 0 fully saturated rings. The van der Waals surface area contributed by atoms with Crippen molar-refractivity contribution in [2.24, 2.45) is 0 Å². The fraction of sp³-hybridized carbons (Fsp3) is 0.467. The molecule has 0 bridgehead atoms. The smallest absolute Gasteiger partial charge is 0.240 e. The van der Waals surface area contributed by atoms with Crippen LogP contribution in [0.25, 0.3) is 0 Å². The minimum Gasteiger partial charge on any atom is -0.384 e. The fourth-order valence-corrected chi connectivity index (χ4v) is 2.84. The van der Waals surface area contributed by atoms with E-state index in [0.29, 0.717) is 12.1 Å². The molecule has 0 saturated heterocycles. The molecular weight excluding hydrogens is 274 g/mol. The molecule has 0 aliphatic carbocycles. The molecule has 1 rings (SSSR count). The molecule has 0 aromatic heterocycles. The van der Waals surface area contributed by atoms with Crippen LogP contribution in [0.15, 0.2) is 29.2 Å². The molecule has 110 valence electrons. The van der Waals surface area contributed by atoms with Crippen LogP contribution in [0.4, 0.5) is 0 Å². The van der Waals surface area contributed by atoms with Gasteiger partial charge in [-0.3, -0.25) is 0 Å². The maximum Gasteiger partial charge on any atom is 0.240 e. The Balaban J connectivity index is 2.67. The lowest BCUT2D eigenvalue weighted by Gasteiger charge is -2.06. The van der Waals surface area contributed by atoms with Crippen molar-refractivity contribution < 1.29 is 13.5 Å². The summed E-state index contributed by atoms with van der Waals surface area (Å²) in [6.45, 7) is 2.32. The van der Waals surface area contributed by atoms with Crippen molar-refractivity contribution in [3.8, 4) is 11.8 Å². The van der Waals surface area contributed by atoms with Crippen LogP contribution in [0.5, 0.6) is 0 Å². The number of nitrogens with one attached hydrogen (secondary N) is 1. The average Bonchev–Trinajstić information content (AvgIpc) is 2.45. The molecule has 1 aromatic carbocycles. The molecule has 0 aliphatic rings. The summed E-state index contributed by atoms with van der Waals surface area (Å²) in [7, 11) is -3.48. The van der Waals surface area contributed by atoms with E-state index in [1.54, 1.807) is 18.2 Å². The highest BCUT2D eigenvalue weighted by Gasteiger charge is 2.13. The van der Waals surface area contributed by atoms with Crippen LogP contribution in [0.1, 0.15) is 38.2 Å². The summed E-state index contributed by atoms with van der Waals surface area (Å²) in [4.78, 5) is 0.206. The minimum absolute atomic E-state index is 0.206. The van der Waals surface area contributed by atoms with Gasteiger partial charge in [0.05, 0.1) is 4.90 Å². The zero-order valence-corrected chi connectivity index (χ0v) is 12.5. The topological polar surface area (TPSA) is 66.4 Å². The first-order chi connectivity index (χ1) is 9.60. The van der Waals surface area contributed by atoms with E-state index in [1.165, 1.54) is 6.07 Å². The summed E-state index contributed by atoms with van der Waals surface area (Å²) in [6, 6.07) is 6.41. The molecule has 4 nitrogen and oxygen atoms in total. The van der Waals surface area contributed by atoms with Gasteiger partial charge in [0.2, 0.25) is 10.0 Å². The van der Waals surface area contributed by atoms with E-state index in [9.17, 15) is 8.42 Å². The minimum atomic E-state index is -3.48. The summed E-state index contributed by atoms with van der Waals surface area (Å²) in [5.41, 5.74) is 0.577. The third-order valence-corrected chi connectivity index (χ3v) is 4.24. The van der Waals surface area contributed by atoms with E-state index in [1.807, 2.05) is 0 Å². The van der Waals surface area contributed by atoms with Gasteiger partial charge in [0, 0.05) is 12.1 Å².